The van der Waals surface area contributed by atoms with Crippen LogP contribution >= 0.6 is 23.4 Å². The van der Waals surface area contributed by atoms with Gasteiger partial charge in [0.05, 0.1) is 10.6 Å². The number of fused-ring (bicyclic) bond motifs is 1. The van der Waals surface area contributed by atoms with Gasteiger partial charge in [-0.15, -0.1) is 0 Å². The highest BCUT2D eigenvalue weighted by atomic mass is 35.5. The predicted octanol–water partition coefficient (Wildman–Crippen LogP) is 4.74. The molecule has 0 spiro atoms. The Kier molecular flexibility index (Phi) is 3.66. The summed E-state index contributed by atoms with van der Waals surface area (Å²) in [5.74, 6) is -0.126. The molecule has 3 rings (SSSR count). The number of phenolic OH excluding ortho intramolecular Hbond substituents is 1. The van der Waals surface area contributed by atoms with Crippen molar-refractivity contribution >= 4 is 40.1 Å². The molecule has 1 N–H and O–H groups in total. The van der Waals surface area contributed by atoms with Crippen LogP contribution in [0.4, 0.5) is 0 Å². The van der Waals surface area contributed by atoms with Gasteiger partial charge in [-0.2, -0.15) is 0 Å². The van der Waals surface area contributed by atoms with Crippen LogP contribution in [0, 0.1) is 0 Å². The first-order valence-corrected chi connectivity index (χ1v) is 7.81. The third-order valence-corrected chi connectivity index (χ3v) is 4.16. The van der Waals surface area contributed by atoms with E-state index in [0.29, 0.717) is 32.2 Å². The lowest BCUT2D eigenvalue weighted by atomic mass is 10.0. The largest absolute Gasteiger partial charge is 0.508 e. The van der Waals surface area contributed by atoms with Crippen LogP contribution in [-0.4, -0.2) is 17.1 Å². The average Bonchev–Trinajstić information content (AvgIpc) is 2.84. The van der Waals surface area contributed by atoms with E-state index in [2.05, 4.69) is 0 Å². The van der Waals surface area contributed by atoms with Crippen LogP contribution in [-0.2, 0) is 0 Å². The lowest BCUT2D eigenvalue weighted by Crippen LogP contribution is -2.02. The molecule has 0 radical (unpaired) electrons. The van der Waals surface area contributed by atoms with Gasteiger partial charge in [-0.25, -0.2) is 0 Å². The Morgan fingerprint density at radius 2 is 2.00 bits per heavy atom. The van der Waals surface area contributed by atoms with Crippen LogP contribution < -0.4 is 0 Å². The molecule has 0 saturated carbocycles. The third kappa shape index (κ3) is 2.41. The fraction of sp³-hybridized carbons (Fsp3) is 0.0625. The van der Waals surface area contributed by atoms with E-state index in [1.165, 1.54) is 23.9 Å². The molecule has 3 aromatic rings. The Labute approximate surface area is 130 Å². The molecule has 5 heteroatoms. The third-order valence-electron chi connectivity index (χ3n) is 3.17. The van der Waals surface area contributed by atoms with E-state index in [1.54, 1.807) is 30.3 Å². The molecule has 0 amide bonds. The monoisotopic (exact) mass is 318 g/mol. The number of rotatable bonds is 3. The predicted molar refractivity (Wildman–Crippen MR) is 84.5 cm³/mol. The number of hydrogen-bond donors (Lipinski definition) is 1. The quantitative estimate of drug-likeness (QED) is 0.559. The lowest BCUT2D eigenvalue weighted by Gasteiger charge is -2.03. The van der Waals surface area contributed by atoms with Gasteiger partial charge in [0.2, 0.25) is 0 Å². The minimum atomic E-state index is -0.214. The van der Waals surface area contributed by atoms with Crippen molar-refractivity contribution < 1.29 is 14.3 Å². The average molecular weight is 319 g/mol. The van der Waals surface area contributed by atoms with Crippen molar-refractivity contribution in [1.82, 2.24) is 0 Å². The molecule has 0 aliphatic carbocycles. The van der Waals surface area contributed by atoms with E-state index < -0.39 is 0 Å². The summed E-state index contributed by atoms with van der Waals surface area (Å²) < 4.78 is 5.67. The van der Waals surface area contributed by atoms with Crippen LogP contribution in [0.2, 0.25) is 5.02 Å². The van der Waals surface area contributed by atoms with Gasteiger partial charge in [0.15, 0.2) is 10.9 Å². The van der Waals surface area contributed by atoms with Crippen molar-refractivity contribution in [2.75, 3.05) is 6.26 Å². The number of phenols is 1. The van der Waals surface area contributed by atoms with Crippen molar-refractivity contribution in [2.24, 2.45) is 0 Å². The summed E-state index contributed by atoms with van der Waals surface area (Å²) in [6, 6.07) is 11.6. The summed E-state index contributed by atoms with van der Waals surface area (Å²) in [5, 5.41) is 11.2. The molecule has 21 heavy (non-hydrogen) atoms. The van der Waals surface area contributed by atoms with E-state index in [-0.39, 0.29) is 11.5 Å². The zero-order valence-electron chi connectivity index (χ0n) is 11.1. The van der Waals surface area contributed by atoms with Crippen LogP contribution in [0.1, 0.15) is 15.9 Å². The summed E-state index contributed by atoms with van der Waals surface area (Å²) in [7, 11) is 0. The highest BCUT2D eigenvalue weighted by molar-refractivity contribution is 7.98. The second-order valence-corrected chi connectivity index (χ2v) is 5.64. The molecule has 0 bridgehead atoms. The highest BCUT2D eigenvalue weighted by Gasteiger charge is 2.23. The van der Waals surface area contributed by atoms with E-state index in [0.717, 1.165) is 0 Å². The lowest BCUT2D eigenvalue weighted by molar-refractivity contribution is 0.103. The van der Waals surface area contributed by atoms with Crippen molar-refractivity contribution in [3.05, 3.63) is 58.6 Å². The molecule has 0 unspecified atom stereocenters. The smallest absolute Gasteiger partial charge is 0.199 e. The van der Waals surface area contributed by atoms with Crippen molar-refractivity contribution in [3.63, 3.8) is 0 Å². The van der Waals surface area contributed by atoms with Gasteiger partial charge < -0.3 is 9.52 Å². The molecule has 0 saturated heterocycles. The standard InChI is InChI=1S/C16H11ClO3S/c1-21-16-14(11-8-9(18)6-7-13(11)20-16)15(19)10-4-2-3-5-12(10)17/h2-8,18H,1H3. The van der Waals surface area contributed by atoms with Gasteiger partial charge in [0, 0.05) is 10.9 Å². The molecule has 0 fully saturated rings. The maximum absolute atomic E-state index is 12.8. The first kappa shape index (κ1) is 14.0. The Balaban J connectivity index is 2.26. The molecular weight excluding hydrogens is 308 g/mol. The maximum Gasteiger partial charge on any atom is 0.199 e. The molecule has 0 aliphatic heterocycles. The fourth-order valence-electron chi connectivity index (χ4n) is 2.20. The van der Waals surface area contributed by atoms with Crippen LogP contribution in [0.15, 0.2) is 52.0 Å². The number of ketones is 1. The molecular formula is C16H11ClO3S. The summed E-state index contributed by atoms with van der Waals surface area (Å²) in [6.45, 7) is 0. The van der Waals surface area contributed by atoms with Gasteiger partial charge in [-0.05, 0) is 36.6 Å². The van der Waals surface area contributed by atoms with Gasteiger partial charge in [0.25, 0.3) is 0 Å². The maximum atomic E-state index is 12.8. The topological polar surface area (TPSA) is 50.4 Å². The molecule has 2 aromatic carbocycles. The van der Waals surface area contributed by atoms with E-state index in [9.17, 15) is 9.90 Å². The Morgan fingerprint density at radius 3 is 2.71 bits per heavy atom. The Morgan fingerprint density at radius 1 is 1.24 bits per heavy atom. The van der Waals surface area contributed by atoms with Crippen molar-refractivity contribution in [3.8, 4) is 5.75 Å². The number of carbonyl (C=O) groups is 1. The normalized spacial score (nSPS) is 11.0. The Bertz CT molecular complexity index is 839. The second kappa shape index (κ2) is 5.47. The zero-order valence-corrected chi connectivity index (χ0v) is 12.7. The molecule has 3 nitrogen and oxygen atoms in total. The summed E-state index contributed by atoms with van der Waals surface area (Å²) in [5.41, 5.74) is 1.41. The molecule has 0 atom stereocenters. The van der Waals surface area contributed by atoms with Gasteiger partial charge >= 0.3 is 0 Å². The van der Waals surface area contributed by atoms with E-state index >= 15 is 0 Å². The van der Waals surface area contributed by atoms with Crippen LogP contribution in [0.5, 0.6) is 5.75 Å². The highest BCUT2D eigenvalue weighted by Crippen LogP contribution is 2.36. The molecule has 1 heterocycles. The number of hydrogen-bond acceptors (Lipinski definition) is 4. The fourth-order valence-corrected chi connectivity index (χ4v) is 3.00. The van der Waals surface area contributed by atoms with E-state index in [1.807, 2.05) is 6.26 Å². The van der Waals surface area contributed by atoms with Gasteiger partial charge in [-0.1, -0.05) is 35.5 Å². The molecule has 106 valence electrons. The van der Waals surface area contributed by atoms with E-state index in [4.69, 9.17) is 16.0 Å². The number of benzene rings is 2. The first-order valence-electron chi connectivity index (χ1n) is 6.20. The number of furan rings is 1. The molecule has 0 aliphatic rings. The SMILES string of the molecule is CSc1oc2ccc(O)cc2c1C(=O)c1ccccc1Cl. The first-order chi connectivity index (χ1) is 10.1. The Hall–Kier alpha value is -1.91. The number of halogens is 1. The number of carbonyl (C=O) groups excluding carboxylic acids is 1. The molecule has 1 aromatic heterocycles. The number of thioether (sulfide) groups is 1. The summed E-state index contributed by atoms with van der Waals surface area (Å²) in [4.78, 5) is 12.8. The van der Waals surface area contributed by atoms with Gasteiger partial charge in [-0.3, -0.25) is 4.79 Å². The second-order valence-electron chi connectivity index (χ2n) is 4.46. The van der Waals surface area contributed by atoms with Crippen LogP contribution in [0.3, 0.4) is 0 Å². The number of aromatic hydroxyl groups is 1. The van der Waals surface area contributed by atoms with Crippen molar-refractivity contribution in [1.29, 1.82) is 0 Å². The zero-order chi connectivity index (χ0) is 15.0. The van der Waals surface area contributed by atoms with Crippen LogP contribution in [0.25, 0.3) is 11.0 Å². The minimum absolute atomic E-state index is 0.0872. The van der Waals surface area contributed by atoms with Crippen molar-refractivity contribution in [2.45, 2.75) is 5.09 Å². The summed E-state index contributed by atoms with van der Waals surface area (Å²) in [6.07, 6.45) is 1.83. The van der Waals surface area contributed by atoms with Gasteiger partial charge in [0.1, 0.15) is 11.3 Å². The summed E-state index contributed by atoms with van der Waals surface area (Å²) >= 11 is 7.45. The minimum Gasteiger partial charge on any atom is -0.508 e.